The van der Waals surface area contributed by atoms with Gasteiger partial charge in [-0.2, -0.15) is 0 Å². The largest absolute Gasteiger partial charge is 0.493 e. The molecule has 0 atom stereocenters. The van der Waals surface area contributed by atoms with Crippen LogP contribution in [0, 0.1) is 5.92 Å². The Kier molecular flexibility index (Phi) is 6.34. The first-order valence-electron chi connectivity index (χ1n) is 9.56. The molecule has 3 rings (SSSR count). The molecule has 0 spiro atoms. The van der Waals surface area contributed by atoms with E-state index < -0.39 is 0 Å². The predicted molar refractivity (Wildman–Crippen MR) is 113 cm³/mol. The lowest BCUT2D eigenvalue weighted by atomic mass is 10.1. The lowest BCUT2D eigenvalue weighted by molar-refractivity contribution is -0.121. The minimum absolute atomic E-state index is 0.0238. The molecule has 8 nitrogen and oxygen atoms in total. The van der Waals surface area contributed by atoms with Crippen molar-refractivity contribution >= 4 is 23.2 Å². The van der Waals surface area contributed by atoms with Crippen molar-refractivity contribution in [2.75, 3.05) is 44.7 Å². The average Bonchev–Trinajstić information content (AvgIpc) is 2.74. The Labute approximate surface area is 175 Å². The highest BCUT2D eigenvalue weighted by molar-refractivity contribution is 6.06. The van der Waals surface area contributed by atoms with Crippen LogP contribution in [0.1, 0.15) is 24.2 Å². The van der Waals surface area contributed by atoms with Crippen LogP contribution < -0.4 is 29.2 Å². The zero-order valence-electron chi connectivity index (χ0n) is 17.8. The third kappa shape index (κ3) is 4.27. The highest BCUT2D eigenvalue weighted by atomic mass is 16.5. The second-order valence-electron chi connectivity index (χ2n) is 7.24. The molecule has 8 heteroatoms. The maximum Gasteiger partial charge on any atom is 0.265 e. The van der Waals surface area contributed by atoms with Gasteiger partial charge in [0, 0.05) is 23.9 Å². The van der Waals surface area contributed by atoms with E-state index in [0.29, 0.717) is 52.4 Å². The zero-order chi connectivity index (χ0) is 21.8. The lowest BCUT2D eigenvalue weighted by Crippen LogP contribution is -2.40. The summed E-state index contributed by atoms with van der Waals surface area (Å²) in [6.07, 6.45) is 0. The lowest BCUT2D eigenvalue weighted by Gasteiger charge is -2.31. The van der Waals surface area contributed by atoms with Crippen LogP contribution in [0.15, 0.2) is 30.3 Å². The van der Waals surface area contributed by atoms with Crippen LogP contribution in [0.3, 0.4) is 0 Å². The fraction of sp³-hybridized carbons (Fsp3) is 0.364. The number of carbonyl (C=O) groups excluding carboxylic acids is 2. The first-order valence-corrected chi connectivity index (χ1v) is 9.56. The first-order chi connectivity index (χ1) is 14.4. The summed E-state index contributed by atoms with van der Waals surface area (Å²) in [5.41, 5.74) is 1.59. The molecule has 1 heterocycles. The van der Waals surface area contributed by atoms with Gasteiger partial charge in [0.25, 0.3) is 11.8 Å². The Balaban J connectivity index is 1.85. The second kappa shape index (κ2) is 8.94. The molecule has 0 fully saturated rings. The van der Waals surface area contributed by atoms with Crippen LogP contribution in [-0.2, 0) is 4.79 Å². The van der Waals surface area contributed by atoms with Crippen molar-refractivity contribution in [3.63, 3.8) is 0 Å². The van der Waals surface area contributed by atoms with Crippen molar-refractivity contribution in [1.29, 1.82) is 0 Å². The van der Waals surface area contributed by atoms with Gasteiger partial charge in [0.05, 0.1) is 27.0 Å². The van der Waals surface area contributed by atoms with E-state index in [4.69, 9.17) is 18.9 Å². The standard InChI is InChI=1S/C22H26N2O6/c1-13(2)11-24-16-7-6-15(10-17(16)30-12-20(24)25)23-22(26)14-8-18(27-3)21(29-5)19(9-14)28-4/h6-10,13H,11-12H2,1-5H3,(H,23,26). The number of methoxy groups -OCH3 is 3. The molecule has 0 saturated carbocycles. The second-order valence-corrected chi connectivity index (χ2v) is 7.24. The molecule has 1 aliphatic heterocycles. The van der Waals surface area contributed by atoms with Gasteiger partial charge < -0.3 is 29.2 Å². The molecule has 1 N–H and O–H groups in total. The van der Waals surface area contributed by atoms with Crippen LogP contribution in [0.2, 0.25) is 0 Å². The van der Waals surface area contributed by atoms with E-state index >= 15 is 0 Å². The highest BCUT2D eigenvalue weighted by Gasteiger charge is 2.26. The van der Waals surface area contributed by atoms with E-state index in [2.05, 4.69) is 19.2 Å². The summed E-state index contributed by atoms with van der Waals surface area (Å²) in [7, 11) is 4.48. The highest BCUT2D eigenvalue weighted by Crippen LogP contribution is 2.39. The summed E-state index contributed by atoms with van der Waals surface area (Å²) >= 11 is 0. The summed E-state index contributed by atoms with van der Waals surface area (Å²) in [4.78, 5) is 26.7. The van der Waals surface area contributed by atoms with Gasteiger partial charge >= 0.3 is 0 Å². The Morgan fingerprint density at radius 3 is 2.33 bits per heavy atom. The summed E-state index contributed by atoms with van der Waals surface area (Å²) in [5, 5.41) is 2.84. The smallest absolute Gasteiger partial charge is 0.265 e. The van der Waals surface area contributed by atoms with Gasteiger partial charge in [-0.1, -0.05) is 13.8 Å². The van der Waals surface area contributed by atoms with Crippen molar-refractivity contribution in [3.05, 3.63) is 35.9 Å². The maximum atomic E-state index is 12.8. The van der Waals surface area contributed by atoms with Crippen LogP contribution in [-0.4, -0.2) is 46.3 Å². The molecule has 2 amide bonds. The Morgan fingerprint density at radius 2 is 1.77 bits per heavy atom. The van der Waals surface area contributed by atoms with Crippen molar-refractivity contribution in [2.24, 2.45) is 5.92 Å². The monoisotopic (exact) mass is 414 g/mol. The average molecular weight is 414 g/mol. The maximum absolute atomic E-state index is 12.8. The zero-order valence-corrected chi connectivity index (χ0v) is 17.8. The van der Waals surface area contributed by atoms with Crippen LogP contribution >= 0.6 is 0 Å². The van der Waals surface area contributed by atoms with E-state index in [1.807, 2.05) is 0 Å². The van der Waals surface area contributed by atoms with Gasteiger partial charge in [-0.25, -0.2) is 0 Å². The van der Waals surface area contributed by atoms with E-state index in [1.165, 1.54) is 21.3 Å². The number of amides is 2. The van der Waals surface area contributed by atoms with E-state index in [1.54, 1.807) is 35.2 Å². The molecule has 2 aromatic carbocycles. The summed E-state index contributed by atoms with van der Waals surface area (Å²) < 4.78 is 21.5. The Bertz CT molecular complexity index is 932. The number of carbonyl (C=O) groups is 2. The van der Waals surface area contributed by atoms with Gasteiger partial charge in [0.1, 0.15) is 5.75 Å². The van der Waals surface area contributed by atoms with Crippen molar-refractivity contribution < 1.29 is 28.5 Å². The van der Waals surface area contributed by atoms with Gasteiger partial charge in [-0.05, 0) is 30.2 Å². The summed E-state index contributed by atoms with van der Waals surface area (Å²) in [6.45, 7) is 4.68. The van der Waals surface area contributed by atoms with E-state index in [0.717, 1.165) is 0 Å². The molecule has 0 bridgehead atoms. The van der Waals surface area contributed by atoms with Gasteiger partial charge in [0.2, 0.25) is 5.75 Å². The number of fused-ring (bicyclic) bond motifs is 1. The minimum atomic E-state index is -0.347. The molecule has 0 aliphatic carbocycles. The van der Waals surface area contributed by atoms with Crippen LogP contribution in [0.5, 0.6) is 23.0 Å². The topological polar surface area (TPSA) is 86.3 Å². The van der Waals surface area contributed by atoms with Crippen molar-refractivity contribution in [2.45, 2.75) is 13.8 Å². The molecule has 0 radical (unpaired) electrons. The molecule has 30 heavy (non-hydrogen) atoms. The van der Waals surface area contributed by atoms with Gasteiger partial charge in [0.15, 0.2) is 18.1 Å². The van der Waals surface area contributed by atoms with Gasteiger partial charge in [-0.3, -0.25) is 9.59 Å². The Hall–Kier alpha value is -3.42. The number of nitrogens with one attached hydrogen (secondary N) is 1. The number of anilines is 2. The fourth-order valence-corrected chi connectivity index (χ4v) is 3.26. The fourth-order valence-electron chi connectivity index (χ4n) is 3.26. The normalized spacial score (nSPS) is 12.9. The number of rotatable bonds is 7. The summed E-state index contributed by atoms with van der Waals surface area (Å²) in [6, 6.07) is 8.39. The summed E-state index contributed by atoms with van der Waals surface area (Å²) in [5.74, 6) is 1.63. The molecule has 0 unspecified atom stereocenters. The Morgan fingerprint density at radius 1 is 1.10 bits per heavy atom. The molecule has 160 valence electrons. The molecular weight excluding hydrogens is 388 g/mol. The van der Waals surface area contributed by atoms with Crippen LogP contribution in [0.4, 0.5) is 11.4 Å². The van der Waals surface area contributed by atoms with E-state index in [9.17, 15) is 9.59 Å². The van der Waals surface area contributed by atoms with Crippen LogP contribution in [0.25, 0.3) is 0 Å². The SMILES string of the molecule is COc1cc(C(=O)Nc2ccc3c(c2)OCC(=O)N3CC(C)C)cc(OC)c1OC. The van der Waals surface area contributed by atoms with E-state index in [-0.39, 0.29) is 18.4 Å². The molecular formula is C22H26N2O6. The first kappa shape index (κ1) is 21.3. The molecule has 0 aromatic heterocycles. The predicted octanol–water partition coefficient (Wildman–Crippen LogP) is 3.35. The third-order valence-electron chi connectivity index (χ3n) is 4.64. The number of benzene rings is 2. The number of hydrogen-bond donors (Lipinski definition) is 1. The number of nitrogens with zero attached hydrogens (tertiary/aromatic N) is 1. The third-order valence-corrected chi connectivity index (χ3v) is 4.64. The minimum Gasteiger partial charge on any atom is -0.493 e. The molecule has 2 aromatic rings. The molecule has 0 saturated heterocycles. The van der Waals surface area contributed by atoms with Crippen molar-refractivity contribution in [3.8, 4) is 23.0 Å². The molecule has 1 aliphatic rings. The van der Waals surface area contributed by atoms with Crippen molar-refractivity contribution in [1.82, 2.24) is 0 Å². The number of hydrogen-bond acceptors (Lipinski definition) is 6. The number of ether oxygens (including phenoxy) is 4. The quantitative estimate of drug-likeness (QED) is 0.748. The van der Waals surface area contributed by atoms with Gasteiger partial charge in [-0.15, -0.1) is 0 Å².